The smallest absolute Gasteiger partial charge is 0.227 e. The van der Waals surface area contributed by atoms with Gasteiger partial charge in [0.15, 0.2) is 0 Å². The molecule has 0 aromatic carbocycles. The molecule has 1 aliphatic heterocycles. The van der Waals surface area contributed by atoms with E-state index < -0.39 is 0 Å². The first kappa shape index (κ1) is 13.6. The average molecular weight is 273 g/mol. The van der Waals surface area contributed by atoms with Gasteiger partial charge in [0.1, 0.15) is 0 Å². The molecule has 20 heavy (non-hydrogen) atoms. The number of carbonyl (C=O) groups is 1. The molecule has 0 radical (unpaired) electrons. The molecule has 1 aliphatic carbocycles. The van der Waals surface area contributed by atoms with Crippen molar-refractivity contribution in [2.24, 2.45) is 11.8 Å². The van der Waals surface area contributed by atoms with Crippen molar-refractivity contribution in [2.75, 3.05) is 13.6 Å². The van der Waals surface area contributed by atoms with Gasteiger partial charge >= 0.3 is 0 Å². The van der Waals surface area contributed by atoms with Crippen LogP contribution in [0.3, 0.4) is 0 Å². The van der Waals surface area contributed by atoms with Gasteiger partial charge in [-0.3, -0.25) is 9.78 Å². The molecular formula is C16H23N3O. The molecule has 1 amide bonds. The number of carbonyl (C=O) groups excluding carboxylic acids is 1. The van der Waals surface area contributed by atoms with E-state index in [9.17, 15) is 4.79 Å². The molecule has 1 aromatic rings. The molecule has 1 saturated heterocycles. The lowest BCUT2D eigenvalue weighted by molar-refractivity contribution is -0.136. The second-order valence-corrected chi connectivity index (χ2v) is 6.12. The lowest BCUT2D eigenvalue weighted by atomic mass is 9.86. The molecule has 1 saturated carbocycles. The monoisotopic (exact) mass is 273 g/mol. The predicted molar refractivity (Wildman–Crippen MR) is 77.9 cm³/mol. The summed E-state index contributed by atoms with van der Waals surface area (Å²) in [6.45, 7) is 1.72. The molecule has 1 aromatic heterocycles. The van der Waals surface area contributed by atoms with Gasteiger partial charge in [-0.2, -0.15) is 0 Å². The van der Waals surface area contributed by atoms with Gasteiger partial charge in [0.25, 0.3) is 0 Å². The van der Waals surface area contributed by atoms with Crippen LogP contribution >= 0.6 is 0 Å². The van der Waals surface area contributed by atoms with Crippen molar-refractivity contribution in [1.82, 2.24) is 15.2 Å². The van der Waals surface area contributed by atoms with Gasteiger partial charge in [-0.15, -0.1) is 0 Å². The normalized spacial score (nSPS) is 26.2. The quantitative estimate of drug-likeness (QED) is 0.910. The third-order valence-corrected chi connectivity index (χ3v) is 4.47. The van der Waals surface area contributed by atoms with Crippen molar-refractivity contribution in [2.45, 2.75) is 38.3 Å². The molecule has 0 bridgehead atoms. The van der Waals surface area contributed by atoms with Gasteiger partial charge in [-0.1, -0.05) is 6.07 Å². The Morgan fingerprint density at radius 1 is 1.45 bits per heavy atom. The van der Waals surface area contributed by atoms with Crippen molar-refractivity contribution >= 4 is 5.91 Å². The fourth-order valence-corrected chi connectivity index (χ4v) is 3.27. The Bertz CT molecular complexity index is 458. The van der Waals surface area contributed by atoms with E-state index in [0.29, 0.717) is 12.6 Å². The number of aromatic nitrogens is 1. The Morgan fingerprint density at radius 3 is 3.00 bits per heavy atom. The van der Waals surface area contributed by atoms with Crippen molar-refractivity contribution in [3.8, 4) is 0 Å². The van der Waals surface area contributed by atoms with Crippen LogP contribution in [-0.2, 0) is 11.3 Å². The Kier molecular flexibility index (Phi) is 4.01. The highest BCUT2D eigenvalue weighted by atomic mass is 16.2. The summed E-state index contributed by atoms with van der Waals surface area (Å²) in [4.78, 5) is 18.7. The third-order valence-electron chi connectivity index (χ3n) is 4.47. The highest BCUT2D eigenvalue weighted by Crippen LogP contribution is 2.39. The maximum atomic E-state index is 12.7. The summed E-state index contributed by atoms with van der Waals surface area (Å²) in [5.74, 6) is 1.19. The second kappa shape index (κ2) is 5.92. The first-order valence-corrected chi connectivity index (χ1v) is 7.63. The van der Waals surface area contributed by atoms with E-state index in [1.54, 1.807) is 6.20 Å². The first-order chi connectivity index (χ1) is 9.75. The van der Waals surface area contributed by atoms with Crippen LogP contribution in [0.15, 0.2) is 24.5 Å². The summed E-state index contributed by atoms with van der Waals surface area (Å²) in [5, 5.41) is 3.57. The molecule has 0 spiro atoms. The van der Waals surface area contributed by atoms with Crippen molar-refractivity contribution < 1.29 is 4.79 Å². The lowest BCUT2D eigenvalue weighted by Crippen LogP contribution is -2.49. The number of hydrogen-bond acceptors (Lipinski definition) is 3. The third kappa shape index (κ3) is 3.01. The number of nitrogens with one attached hydrogen (secondary N) is 1. The van der Waals surface area contributed by atoms with Crippen LogP contribution in [0.25, 0.3) is 0 Å². The summed E-state index contributed by atoms with van der Waals surface area (Å²) >= 11 is 0. The molecule has 1 N–H and O–H groups in total. The van der Waals surface area contributed by atoms with E-state index >= 15 is 0 Å². The van der Waals surface area contributed by atoms with E-state index in [1.165, 1.54) is 12.8 Å². The minimum Gasteiger partial charge on any atom is -0.341 e. The van der Waals surface area contributed by atoms with Crippen LogP contribution < -0.4 is 5.32 Å². The molecule has 2 heterocycles. The molecule has 2 atom stereocenters. The molecule has 2 aliphatic rings. The van der Waals surface area contributed by atoms with Crippen molar-refractivity contribution in [1.29, 1.82) is 0 Å². The zero-order chi connectivity index (χ0) is 13.9. The Hall–Kier alpha value is -1.42. The number of nitrogens with zero attached hydrogens (tertiary/aromatic N) is 2. The summed E-state index contributed by atoms with van der Waals surface area (Å²) in [6.07, 6.45) is 8.31. The molecule has 0 unspecified atom stereocenters. The minimum absolute atomic E-state index is 0.165. The molecule has 2 fully saturated rings. The van der Waals surface area contributed by atoms with Gasteiger partial charge < -0.3 is 10.2 Å². The Balaban J connectivity index is 1.64. The van der Waals surface area contributed by atoms with E-state index in [1.807, 2.05) is 30.3 Å². The van der Waals surface area contributed by atoms with Crippen LogP contribution in [0.1, 0.15) is 31.2 Å². The first-order valence-electron chi connectivity index (χ1n) is 7.63. The highest BCUT2D eigenvalue weighted by Gasteiger charge is 2.41. The lowest BCUT2D eigenvalue weighted by Gasteiger charge is -2.34. The minimum atomic E-state index is 0.165. The van der Waals surface area contributed by atoms with Gasteiger partial charge in [0, 0.05) is 32.0 Å². The second-order valence-electron chi connectivity index (χ2n) is 6.12. The van der Waals surface area contributed by atoms with E-state index in [-0.39, 0.29) is 11.8 Å². The van der Waals surface area contributed by atoms with Crippen LogP contribution in [0, 0.1) is 11.8 Å². The molecule has 4 heteroatoms. The van der Waals surface area contributed by atoms with E-state index in [0.717, 1.165) is 30.9 Å². The highest BCUT2D eigenvalue weighted by molar-refractivity contribution is 5.79. The predicted octanol–water partition coefficient (Wildman–Crippen LogP) is 1.82. The van der Waals surface area contributed by atoms with Crippen LogP contribution in [-0.4, -0.2) is 35.4 Å². The van der Waals surface area contributed by atoms with Gasteiger partial charge in [-0.25, -0.2) is 0 Å². The summed E-state index contributed by atoms with van der Waals surface area (Å²) in [6, 6.07) is 4.35. The van der Waals surface area contributed by atoms with Crippen molar-refractivity contribution in [3.63, 3.8) is 0 Å². The fourth-order valence-electron chi connectivity index (χ4n) is 3.27. The molecule has 108 valence electrons. The summed E-state index contributed by atoms with van der Waals surface area (Å²) < 4.78 is 0. The average Bonchev–Trinajstić information content (AvgIpc) is 3.32. The number of piperidine rings is 1. The molecule has 4 nitrogen and oxygen atoms in total. The summed E-state index contributed by atoms with van der Waals surface area (Å²) in [7, 11) is 1.91. The number of pyridine rings is 1. The Labute approximate surface area is 120 Å². The Morgan fingerprint density at radius 2 is 2.30 bits per heavy atom. The van der Waals surface area contributed by atoms with Crippen LogP contribution in [0.5, 0.6) is 0 Å². The van der Waals surface area contributed by atoms with Gasteiger partial charge in [-0.05, 0) is 49.8 Å². The largest absolute Gasteiger partial charge is 0.341 e. The van der Waals surface area contributed by atoms with E-state index in [2.05, 4.69) is 10.3 Å². The number of rotatable bonds is 4. The van der Waals surface area contributed by atoms with Gasteiger partial charge in [0.2, 0.25) is 5.91 Å². The van der Waals surface area contributed by atoms with Crippen LogP contribution in [0.4, 0.5) is 0 Å². The maximum Gasteiger partial charge on any atom is 0.227 e. The molecule has 3 rings (SSSR count). The SMILES string of the molecule is CN(Cc1cccnc1)C(=O)[C@@H]1CCCN[C@@H]1C1CC1. The zero-order valence-electron chi connectivity index (χ0n) is 12.1. The zero-order valence-corrected chi connectivity index (χ0v) is 12.1. The van der Waals surface area contributed by atoms with Crippen LogP contribution in [0.2, 0.25) is 0 Å². The number of amides is 1. The standard InChI is InChI=1S/C16H23N3O/c1-19(11-12-4-2-8-17-10-12)16(20)14-5-3-9-18-15(14)13-6-7-13/h2,4,8,10,13-15,18H,3,5-7,9,11H2,1H3/t14-,15-/m1/s1. The fraction of sp³-hybridized carbons (Fsp3) is 0.625. The number of hydrogen-bond donors (Lipinski definition) is 1. The maximum absolute atomic E-state index is 12.7. The van der Waals surface area contributed by atoms with E-state index in [4.69, 9.17) is 0 Å². The van der Waals surface area contributed by atoms with Crippen molar-refractivity contribution in [3.05, 3.63) is 30.1 Å². The summed E-state index contributed by atoms with van der Waals surface area (Å²) in [5.41, 5.74) is 1.09. The molecular weight excluding hydrogens is 250 g/mol. The topological polar surface area (TPSA) is 45.2 Å². The van der Waals surface area contributed by atoms with Gasteiger partial charge in [0.05, 0.1) is 5.92 Å².